The molecular weight excluding hydrogens is 454 g/mol. The number of quaternary nitrogens is 1. The van der Waals surface area contributed by atoms with E-state index in [1.807, 2.05) is 21.1 Å². The molecule has 1 aromatic rings. The average Bonchev–Trinajstić information content (AvgIpc) is 3.12. The number of furan rings is 1. The van der Waals surface area contributed by atoms with Crippen molar-refractivity contribution in [2.75, 3.05) is 27.7 Å². The van der Waals surface area contributed by atoms with Gasteiger partial charge in [-0.3, -0.25) is 9.59 Å². The van der Waals surface area contributed by atoms with Gasteiger partial charge in [0.2, 0.25) is 0 Å². The molecule has 1 aromatic heterocycles. The lowest BCUT2D eigenvalue weighted by Gasteiger charge is -2.28. The molecule has 1 N–H and O–H groups in total. The lowest BCUT2D eigenvalue weighted by Crippen LogP contribution is -2.43. The number of likely N-dealkylation sites (N-methyl/N-ethyl adjacent to an activating group) is 1. The first-order chi connectivity index (χ1) is 17.1. The van der Waals surface area contributed by atoms with E-state index in [2.05, 4.69) is 19.9 Å². The van der Waals surface area contributed by atoms with Crippen LogP contribution in [0.5, 0.6) is 0 Å². The van der Waals surface area contributed by atoms with Gasteiger partial charge in [-0.1, -0.05) is 71.1 Å². The van der Waals surface area contributed by atoms with Gasteiger partial charge in [0.1, 0.15) is 18.1 Å². The van der Waals surface area contributed by atoms with E-state index in [0.29, 0.717) is 17.4 Å². The summed E-state index contributed by atoms with van der Waals surface area (Å²) in [5, 5.41) is 9.06. The summed E-state index contributed by atoms with van der Waals surface area (Å²) in [6, 6.07) is 2.23. The molecule has 0 bridgehead atoms. The number of hydrogen-bond acceptors (Lipinski definition) is 4. The molecule has 0 aliphatic carbocycles. The topological polar surface area (TPSA) is 76.7 Å². The molecule has 1 heterocycles. The maximum atomic E-state index is 12.1. The second-order valence-electron chi connectivity index (χ2n) is 11.5. The number of aliphatic carboxylic acids is 1. The smallest absolute Gasteiger partial charge is 0.307 e. The summed E-state index contributed by atoms with van der Waals surface area (Å²) in [7, 11) is 5.90. The monoisotopic (exact) mass is 508 g/mol. The Morgan fingerprint density at radius 1 is 0.889 bits per heavy atom. The van der Waals surface area contributed by atoms with E-state index >= 15 is 0 Å². The first kappa shape index (κ1) is 32.2. The highest BCUT2D eigenvalue weighted by Gasteiger charge is 2.24. The van der Waals surface area contributed by atoms with E-state index < -0.39 is 12.1 Å². The first-order valence-electron chi connectivity index (χ1n) is 14.4. The molecule has 36 heavy (non-hydrogen) atoms. The number of carbonyl (C=O) groups excluding carboxylic acids is 1. The number of esters is 1. The van der Waals surface area contributed by atoms with Crippen molar-refractivity contribution >= 4 is 11.9 Å². The number of hydrogen-bond donors (Lipinski definition) is 1. The van der Waals surface area contributed by atoms with Crippen LogP contribution < -0.4 is 0 Å². The van der Waals surface area contributed by atoms with Crippen molar-refractivity contribution in [1.82, 2.24) is 0 Å². The third kappa shape index (κ3) is 16.8. The summed E-state index contributed by atoms with van der Waals surface area (Å²) >= 11 is 0. The number of ether oxygens (including phenoxy) is 1. The maximum Gasteiger partial charge on any atom is 0.307 e. The van der Waals surface area contributed by atoms with Crippen LogP contribution in [0.15, 0.2) is 10.5 Å². The standard InChI is InChI=1S/C30H53NO5/c1-6-7-16-19-26-22-25(2)28(35-26)20-17-14-12-10-8-9-11-13-15-18-21-30(34)36-27(23-29(32)33)24-31(3,4)5/h22,27H,6-21,23-24H2,1-5H3/p+1. The highest BCUT2D eigenvalue weighted by Crippen LogP contribution is 2.20. The molecule has 0 radical (unpaired) electrons. The minimum absolute atomic E-state index is 0.135. The predicted molar refractivity (Wildman–Crippen MR) is 146 cm³/mol. The van der Waals surface area contributed by atoms with Crippen molar-refractivity contribution in [3.63, 3.8) is 0 Å². The molecule has 0 saturated heterocycles. The number of nitrogens with zero attached hydrogens (tertiary/aromatic N) is 1. The Bertz CT molecular complexity index is 734. The van der Waals surface area contributed by atoms with Gasteiger partial charge in [0.05, 0.1) is 27.6 Å². The van der Waals surface area contributed by atoms with Crippen LogP contribution in [0.25, 0.3) is 0 Å². The van der Waals surface area contributed by atoms with Crippen LogP contribution >= 0.6 is 0 Å². The van der Waals surface area contributed by atoms with E-state index in [1.54, 1.807) is 0 Å². The van der Waals surface area contributed by atoms with Crippen LogP contribution in [0.2, 0.25) is 0 Å². The van der Waals surface area contributed by atoms with Crippen LogP contribution in [-0.4, -0.2) is 55.3 Å². The van der Waals surface area contributed by atoms with Gasteiger partial charge < -0.3 is 18.7 Å². The van der Waals surface area contributed by atoms with Gasteiger partial charge in [-0.2, -0.15) is 0 Å². The van der Waals surface area contributed by atoms with Gasteiger partial charge in [0, 0.05) is 19.3 Å². The Kier molecular flexibility index (Phi) is 16.5. The zero-order valence-corrected chi connectivity index (χ0v) is 23.9. The molecule has 0 saturated carbocycles. The average molecular weight is 509 g/mol. The molecule has 0 amide bonds. The number of carboxylic acid groups (broad SMARTS) is 1. The van der Waals surface area contributed by atoms with E-state index in [0.717, 1.165) is 37.9 Å². The lowest BCUT2D eigenvalue weighted by atomic mass is 10.0. The second-order valence-corrected chi connectivity index (χ2v) is 11.5. The van der Waals surface area contributed by atoms with Gasteiger partial charge in [-0.15, -0.1) is 0 Å². The second kappa shape index (κ2) is 18.4. The molecule has 0 spiro atoms. The molecule has 6 nitrogen and oxygen atoms in total. The highest BCUT2D eigenvalue weighted by atomic mass is 16.5. The van der Waals surface area contributed by atoms with Crippen LogP contribution in [0, 0.1) is 6.92 Å². The quantitative estimate of drug-likeness (QED) is 0.101. The first-order valence-corrected chi connectivity index (χ1v) is 14.4. The number of carbonyl (C=O) groups is 2. The predicted octanol–water partition coefficient (Wildman–Crippen LogP) is 7.25. The molecule has 0 aromatic carbocycles. The fourth-order valence-corrected chi connectivity index (χ4v) is 4.67. The van der Waals surface area contributed by atoms with Crippen molar-refractivity contribution < 1.29 is 28.3 Å². The summed E-state index contributed by atoms with van der Waals surface area (Å²) in [6.45, 7) is 4.91. The number of unbranched alkanes of at least 4 members (excludes halogenated alkanes) is 11. The Hall–Kier alpha value is -1.82. The zero-order valence-electron chi connectivity index (χ0n) is 23.9. The normalized spacial score (nSPS) is 12.6. The molecule has 208 valence electrons. The molecule has 0 fully saturated rings. The van der Waals surface area contributed by atoms with Crippen molar-refractivity contribution in [1.29, 1.82) is 0 Å². The molecule has 0 aliphatic heterocycles. The summed E-state index contributed by atoms with van der Waals surface area (Å²) < 4.78 is 12.1. The number of rotatable bonds is 22. The Morgan fingerprint density at radius 2 is 1.44 bits per heavy atom. The fourth-order valence-electron chi connectivity index (χ4n) is 4.67. The van der Waals surface area contributed by atoms with Crippen molar-refractivity contribution in [2.24, 2.45) is 0 Å². The van der Waals surface area contributed by atoms with E-state index in [4.69, 9.17) is 14.3 Å². The summed E-state index contributed by atoms with van der Waals surface area (Å²) in [5.41, 5.74) is 1.32. The van der Waals surface area contributed by atoms with Crippen LogP contribution in [0.4, 0.5) is 0 Å². The van der Waals surface area contributed by atoms with Crippen LogP contribution in [0.3, 0.4) is 0 Å². The minimum Gasteiger partial charge on any atom is -0.481 e. The molecule has 0 aliphatic rings. The SMILES string of the molecule is CCCCCc1cc(C)c(CCCCCCCCCCCCC(=O)OC(CC(=O)O)C[N+](C)(C)C)o1. The van der Waals surface area contributed by atoms with E-state index in [-0.39, 0.29) is 12.4 Å². The van der Waals surface area contributed by atoms with E-state index in [9.17, 15) is 9.59 Å². The van der Waals surface area contributed by atoms with Crippen LogP contribution in [-0.2, 0) is 27.2 Å². The molecule has 1 unspecified atom stereocenters. The third-order valence-electron chi connectivity index (χ3n) is 6.58. The summed E-state index contributed by atoms with van der Waals surface area (Å²) in [6.07, 6.45) is 17.4. The van der Waals surface area contributed by atoms with Crippen LogP contribution in [0.1, 0.15) is 120 Å². The maximum absolute atomic E-state index is 12.1. The van der Waals surface area contributed by atoms with Gasteiger partial charge in [0.25, 0.3) is 0 Å². The van der Waals surface area contributed by atoms with Crippen molar-refractivity contribution in [3.8, 4) is 0 Å². The fraction of sp³-hybridized carbons (Fsp3) is 0.800. The van der Waals surface area contributed by atoms with Crippen molar-refractivity contribution in [3.05, 3.63) is 23.2 Å². The Morgan fingerprint density at radius 3 is 2.00 bits per heavy atom. The van der Waals surface area contributed by atoms with E-state index in [1.165, 1.54) is 75.5 Å². The lowest BCUT2D eigenvalue weighted by molar-refractivity contribution is -0.873. The Balaban J connectivity index is 2.01. The highest BCUT2D eigenvalue weighted by molar-refractivity contribution is 5.71. The molecule has 1 atom stereocenters. The number of aryl methyl sites for hydroxylation is 3. The van der Waals surface area contributed by atoms with Gasteiger partial charge in [0.15, 0.2) is 6.10 Å². The van der Waals surface area contributed by atoms with Gasteiger partial charge >= 0.3 is 11.9 Å². The molecule has 6 heteroatoms. The molecule has 1 rings (SSSR count). The number of carboxylic acids is 1. The third-order valence-corrected chi connectivity index (χ3v) is 6.58. The largest absolute Gasteiger partial charge is 0.481 e. The molecular formula is C30H54NO5+. The Labute approximate surface area is 220 Å². The van der Waals surface area contributed by atoms with Gasteiger partial charge in [-0.25, -0.2) is 0 Å². The minimum atomic E-state index is -0.930. The van der Waals surface area contributed by atoms with Gasteiger partial charge in [-0.05, 0) is 37.8 Å². The summed E-state index contributed by atoms with van der Waals surface area (Å²) in [5.74, 6) is 1.15. The van der Waals surface area contributed by atoms with Crippen molar-refractivity contribution in [2.45, 2.75) is 129 Å². The zero-order chi connectivity index (χ0) is 26.8. The summed E-state index contributed by atoms with van der Waals surface area (Å²) in [4.78, 5) is 23.2.